The van der Waals surface area contributed by atoms with Crippen LogP contribution in [-0.4, -0.2) is 61.7 Å². The molecule has 0 bridgehead atoms. The molecule has 164 valence electrons. The summed E-state index contributed by atoms with van der Waals surface area (Å²) in [5.74, 6) is -2.21. The molecule has 30 heavy (non-hydrogen) atoms. The third kappa shape index (κ3) is 6.20. The van der Waals surface area contributed by atoms with E-state index >= 15 is 0 Å². The second-order valence-corrected chi connectivity index (χ2v) is 7.16. The van der Waals surface area contributed by atoms with Crippen LogP contribution in [-0.2, 0) is 35.2 Å². The highest BCUT2D eigenvalue weighted by molar-refractivity contribution is 5.90. The summed E-state index contributed by atoms with van der Waals surface area (Å²) in [7, 11) is 2.45. The van der Waals surface area contributed by atoms with Gasteiger partial charge >= 0.3 is 18.0 Å². The van der Waals surface area contributed by atoms with Gasteiger partial charge in [-0.3, -0.25) is 14.5 Å². The first-order chi connectivity index (χ1) is 14.4. The Morgan fingerprint density at radius 1 is 1.13 bits per heavy atom. The molecule has 1 aromatic rings. The number of nitrogens with one attached hydrogen (secondary N) is 1. The molecular formula is C21H28N2O7. The first kappa shape index (κ1) is 23.2. The van der Waals surface area contributed by atoms with Crippen LogP contribution in [0.25, 0.3) is 0 Å². The Hall–Kier alpha value is -3.10. The normalized spacial score (nSPS) is 17.6. The van der Waals surface area contributed by atoms with Crippen LogP contribution in [0.1, 0.15) is 31.7 Å². The zero-order valence-electron chi connectivity index (χ0n) is 17.5. The van der Waals surface area contributed by atoms with Gasteiger partial charge in [0.2, 0.25) is 5.91 Å². The minimum atomic E-state index is -1.04. The third-order valence-corrected chi connectivity index (χ3v) is 5.03. The van der Waals surface area contributed by atoms with Crippen molar-refractivity contribution in [3.05, 3.63) is 35.9 Å². The number of likely N-dealkylation sites (tertiary alicyclic amines) is 1. The molecule has 1 saturated heterocycles. The van der Waals surface area contributed by atoms with Crippen LogP contribution in [0.4, 0.5) is 4.79 Å². The van der Waals surface area contributed by atoms with E-state index in [4.69, 9.17) is 9.47 Å². The van der Waals surface area contributed by atoms with Crippen LogP contribution in [0.2, 0.25) is 0 Å². The highest BCUT2D eigenvalue weighted by Gasteiger charge is 2.38. The molecule has 1 fully saturated rings. The van der Waals surface area contributed by atoms with E-state index in [9.17, 15) is 19.2 Å². The molecule has 2 rings (SSSR count). The predicted molar refractivity (Wildman–Crippen MR) is 106 cm³/mol. The average Bonchev–Trinajstić information content (AvgIpc) is 3.25. The number of ether oxygens (including phenoxy) is 3. The third-order valence-electron chi connectivity index (χ3n) is 5.03. The van der Waals surface area contributed by atoms with Crippen molar-refractivity contribution in [3.63, 3.8) is 0 Å². The van der Waals surface area contributed by atoms with Gasteiger partial charge in [0.15, 0.2) is 0 Å². The Bertz CT molecular complexity index is 753. The van der Waals surface area contributed by atoms with Gasteiger partial charge in [0.1, 0.15) is 18.7 Å². The van der Waals surface area contributed by atoms with Crippen LogP contribution >= 0.6 is 0 Å². The van der Waals surface area contributed by atoms with Crippen molar-refractivity contribution < 1.29 is 33.4 Å². The molecule has 0 aliphatic carbocycles. The first-order valence-electron chi connectivity index (χ1n) is 9.79. The first-order valence-corrected chi connectivity index (χ1v) is 9.79. The molecule has 0 aromatic heterocycles. The van der Waals surface area contributed by atoms with Gasteiger partial charge in [-0.1, -0.05) is 37.3 Å². The highest BCUT2D eigenvalue weighted by Crippen LogP contribution is 2.20. The molecule has 2 amide bonds. The lowest BCUT2D eigenvalue weighted by Crippen LogP contribution is -2.53. The number of nitrogens with zero attached hydrogens (tertiary/aromatic N) is 1. The van der Waals surface area contributed by atoms with Crippen LogP contribution < -0.4 is 5.32 Å². The Labute approximate surface area is 175 Å². The molecule has 9 heteroatoms. The molecule has 0 unspecified atom stereocenters. The number of rotatable bonds is 8. The second-order valence-electron chi connectivity index (χ2n) is 7.16. The van der Waals surface area contributed by atoms with Gasteiger partial charge in [-0.05, 0) is 24.3 Å². The van der Waals surface area contributed by atoms with E-state index in [2.05, 4.69) is 10.1 Å². The molecule has 1 aromatic carbocycles. The highest BCUT2D eigenvalue weighted by atomic mass is 16.6. The van der Waals surface area contributed by atoms with E-state index in [1.807, 2.05) is 30.3 Å². The fraction of sp³-hybridized carbons (Fsp3) is 0.524. The molecule has 1 aliphatic rings. The number of amides is 2. The van der Waals surface area contributed by atoms with Crippen LogP contribution in [0.15, 0.2) is 30.3 Å². The average molecular weight is 420 g/mol. The van der Waals surface area contributed by atoms with Crippen LogP contribution in [0.3, 0.4) is 0 Å². The predicted octanol–water partition coefficient (Wildman–Crippen LogP) is 1.64. The van der Waals surface area contributed by atoms with Gasteiger partial charge < -0.3 is 19.5 Å². The maximum Gasteiger partial charge on any atom is 0.410 e. The molecule has 1 heterocycles. The summed E-state index contributed by atoms with van der Waals surface area (Å²) in [5, 5.41) is 2.63. The van der Waals surface area contributed by atoms with Gasteiger partial charge in [-0.2, -0.15) is 0 Å². The number of carbonyl (C=O) groups excluding carboxylic acids is 4. The zero-order chi connectivity index (χ0) is 22.1. The molecule has 9 nitrogen and oxygen atoms in total. The minimum Gasteiger partial charge on any atom is -0.469 e. The van der Waals surface area contributed by atoms with Gasteiger partial charge in [0, 0.05) is 6.54 Å². The molecule has 0 radical (unpaired) electrons. The summed E-state index contributed by atoms with van der Waals surface area (Å²) >= 11 is 0. The Balaban J connectivity index is 2.00. The fourth-order valence-corrected chi connectivity index (χ4v) is 3.33. The fourth-order valence-electron chi connectivity index (χ4n) is 3.33. The number of methoxy groups -OCH3 is 2. The smallest absolute Gasteiger partial charge is 0.410 e. The molecule has 1 aliphatic heterocycles. The minimum absolute atomic E-state index is 0.0654. The van der Waals surface area contributed by atoms with E-state index in [1.165, 1.54) is 19.1 Å². The lowest BCUT2D eigenvalue weighted by molar-refractivity contribution is -0.149. The summed E-state index contributed by atoms with van der Waals surface area (Å²) in [6.07, 6.45) is 0.433. The van der Waals surface area contributed by atoms with E-state index in [-0.39, 0.29) is 13.0 Å². The number of esters is 2. The van der Waals surface area contributed by atoms with Crippen molar-refractivity contribution >= 4 is 23.9 Å². The van der Waals surface area contributed by atoms with Gasteiger partial charge in [0.05, 0.1) is 20.6 Å². The van der Waals surface area contributed by atoms with Gasteiger partial charge in [-0.25, -0.2) is 9.59 Å². The number of hydrogen-bond donors (Lipinski definition) is 1. The van der Waals surface area contributed by atoms with Crippen molar-refractivity contribution in [2.24, 2.45) is 5.92 Å². The largest absolute Gasteiger partial charge is 0.469 e. The van der Waals surface area contributed by atoms with Crippen molar-refractivity contribution in [2.45, 2.75) is 44.9 Å². The van der Waals surface area contributed by atoms with Crippen molar-refractivity contribution in [1.29, 1.82) is 0 Å². The van der Waals surface area contributed by atoms with E-state index in [0.717, 1.165) is 5.56 Å². The van der Waals surface area contributed by atoms with E-state index in [0.29, 0.717) is 19.4 Å². The Morgan fingerprint density at radius 3 is 2.47 bits per heavy atom. The van der Waals surface area contributed by atoms with Crippen molar-refractivity contribution in [2.75, 3.05) is 20.8 Å². The van der Waals surface area contributed by atoms with E-state index in [1.54, 1.807) is 6.92 Å². The summed E-state index contributed by atoms with van der Waals surface area (Å²) in [4.78, 5) is 50.4. The SMILES string of the molecule is COC(=O)C[C@@H](C)[C@@H](NC(=O)[C@H]1CCCN1C(=O)OCc1ccccc1)C(=O)OC. The summed E-state index contributed by atoms with van der Waals surface area (Å²) in [6, 6.07) is 7.44. The number of hydrogen-bond acceptors (Lipinski definition) is 7. The standard InChI is InChI=1S/C21H28N2O7/c1-14(12-17(24)28-2)18(20(26)29-3)22-19(25)16-10-7-11-23(16)21(27)30-13-15-8-5-4-6-9-15/h4-6,8-9,14,16,18H,7,10-13H2,1-3H3,(H,22,25)/t14-,16-,18-/m1/s1. The maximum absolute atomic E-state index is 12.8. The molecular weight excluding hydrogens is 392 g/mol. The van der Waals surface area contributed by atoms with E-state index < -0.39 is 41.9 Å². The summed E-state index contributed by atoms with van der Waals surface area (Å²) < 4.78 is 14.7. The summed E-state index contributed by atoms with van der Waals surface area (Å²) in [6.45, 7) is 2.12. The zero-order valence-corrected chi connectivity index (χ0v) is 17.5. The lowest BCUT2D eigenvalue weighted by Gasteiger charge is -2.27. The second kappa shape index (κ2) is 11.2. The molecule has 3 atom stereocenters. The topological polar surface area (TPSA) is 111 Å². The maximum atomic E-state index is 12.8. The molecule has 1 N–H and O–H groups in total. The number of carbonyl (C=O) groups is 4. The lowest BCUT2D eigenvalue weighted by atomic mass is 9.97. The van der Waals surface area contributed by atoms with Gasteiger partial charge in [-0.15, -0.1) is 0 Å². The Kier molecular flexibility index (Phi) is 8.64. The molecule has 0 spiro atoms. The van der Waals surface area contributed by atoms with Crippen LogP contribution in [0.5, 0.6) is 0 Å². The monoisotopic (exact) mass is 420 g/mol. The molecule has 0 saturated carbocycles. The van der Waals surface area contributed by atoms with Crippen molar-refractivity contribution in [3.8, 4) is 0 Å². The van der Waals surface area contributed by atoms with Crippen molar-refractivity contribution in [1.82, 2.24) is 10.2 Å². The van der Waals surface area contributed by atoms with Crippen LogP contribution in [0, 0.1) is 5.92 Å². The summed E-state index contributed by atoms with van der Waals surface area (Å²) in [5.41, 5.74) is 0.841. The number of benzene rings is 1. The van der Waals surface area contributed by atoms with Gasteiger partial charge in [0.25, 0.3) is 0 Å². The quantitative estimate of drug-likeness (QED) is 0.503. The Morgan fingerprint density at radius 2 is 1.83 bits per heavy atom.